The molecule has 0 aliphatic carbocycles. The van der Waals surface area contributed by atoms with E-state index in [1.54, 1.807) is 30.0 Å². The number of guanidine groups is 1. The lowest BCUT2D eigenvalue weighted by molar-refractivity contribution is -0.385. The topological polar surface area (TPSA) is 109 Å². The van der Waals surface area contributed by atoms with E-state index in [-0.39, 0.29) is 48.3 Å². The van der Waals surface area contributed by atoms with Crippen molar-refractivity contribution in [3.63, 3.8) is 0 Å². The maximum Gasteiger partial charge on any atom is 0.409 e. The molecule has 9 nitrogen and oxygen atoms in total. The SMILES string of the molecule is CCNC(=NCc1ccccc1[N+](=O)[O-])NC1CCN(C(=O)OCC)CC1.I. The van der Waals surface area contributed by atoms with Crippen LogP contribution in [-0.4, -0.2) is 54.2 Å². The summed E-state index contributed by atoms with van der Waals surface area (Å²) in [6.45, 7) is 6.28. The van der Waals surface area contributed by atoms with Gasteiger partial charge >= 0.3 is 6.09 Å². The molecular formula is C18H28IN5O4. The molecule has 0 radical (unpaired) electrons. The minimum Gasteiger partial charge on any atom is -0.450 e. The number of nitrogens with one attached hydrogen (secondary N) is 2. The molecule has 1 heterocycles. The highest BCUT2D eigenvalue weighted by Crippen LogP contribution is 2.18. The van der Waals surface area contributed by atoms with Crippen LogP contribution in [0.5, 0.6) is 0 Å². The fraction of sp³-hybridized carbons (Fsp3) is 0.556. The maximum absolute atomic E-state index is 11.8. The highest BCUT2D eigenvalue weighted by atomic mass is 127. The fourth-order valence-electron chi connectivity index (χ4n) is 2.92. The van der Waals surface area contributed by atoms with Gasteiger partial charge in [-0.05, 0) is 26.7 Å². The Labute approximate surface area is 182 Å². The summed E-state index contributed by atoms with van der Waals surface area (Å²) in [6.07, 6.45) is 1.30. The molecule has 0 bridgehead atoms. The minimum atomic E-state index is -0.393. The van der Waals surface area contributed by atoms with Gasteiger partial charge in [0.1, 0.15) is 0 Å². The first-order chi connectivity index (χ1) is 13.0. The molecule has 1 saturated heterocycles. The van der Waals surface area contributed by atoms with Gasteiger partial charge in [0.15, 0.2) is 5.96 Å². The van der Waals surface area contributed by atoms with E-state index in [1.807, 2.05) is 6.92 Å². The molecule has 1 fully saturated rings. The third-order valence-corrected chi connectivity index (χ3v) is 4.30. The number of nitro groups is 1. The maximum atomic E-state index is 11.8. The van der Waals surface area contributed by atoms with E-state index in [4.69, 9.17) is 4.74 Å². The molecule has 0 spiro atoms. The summed E-state index contributed by atoms with van der Waals surface area (Å²) in [4.78, 5) is 28.7. The second kappa shape index (κ2) is 12.4. The van der Waals surface area contributed by atoms with Gasteiger partial charge in [0.25, 0.3) is 5.69 Å². The second-order valence-corrected chi connectivity index (χ2v) is 6.19. The number of piperidine rings is 1. The number of carbonyl (C=O) groups excluding carboxylic acids is 1. The van der Waals surface area contributed by atoms with Crippen molar-refractivity contribution in [2.45, 2.75) is 39.3 Å². The Hall–Kier alpha value is -2.11. The van der Waals surface area contributed by atoms with Crippen LogP contribution in [-0.2, 0) is 11.3 Å². The number of para-hydroxylation sites is 1. The molecule has 2 N–H and O–H groups in total. The molecule has 10 heteroatoms. The van der Waals surface area contributed by atoms with E-state index < -0.39 is 4.92 Å². The monoisotopic (exact) mass is 505 g/mol. The quantitative estimate of drug-likeness (QED) is 0.202. The number of benzene rings is 1. The Morgan fingerprint density at radius 1 is 1.32 bits per heavy atom. The van der Waals surface area contributed by atoms with Crippen molar-refractivity contribution in [2.24, 2.45) is 4.99 Å². The fourth-order valence-corrected chi connectivity index (χ4v) is 2.92. The van der Waals surface area contributed by atoms with Gasteiger partial charge in [0.05, 0.1) is 23.6 Å². The zero-order chi connectivity index (χ0) is 19.6. The number of carbonyl (C=O) groups is 1. The lowest BCUT2D eigenvalue weighted by Crippen LogP contribution is -2.49. The molecular weight excluding hydrogens is 477 g/mol. The number of hydrogen-bond donors (Lipinski definition) is 2. The van der Waals surface area contributed by atoms with Crippen LogP contribution in [0.25, 0.3) is 0 Å². The van der Waals surface area contributed by atoms with Crippen LogP contribution in [0.15, 0.2) is 29.3 Å². The Balaban J connectivity index is 0.00000392. The van der Waals surface area contributed by atoms with E-state index in [2.05, 4.69) is 15.6 Å². The second-order valence-electron chi connectivity index (χ2n) is 6.19. The standard InChI is InChI=1S/C18H27N5O4.HI/c1-3-19-17(20-13-14-7-5-6-8-16(14)23(25)26)21-15-9-11-22(12-10-15)18(24)27-4-2;/h5-8,15H,3-4,9-13H2,1-2H3,(H2,19,20,21);1H. The van der Waals surface area contributed by atoms with Gasteiger partial charge in [-0.3, -0.25) is 10.1 Å². The molecule has 0 unspecified atom stereocenters. The van der Waals surface area contributed by atoms with Gasteiger partial charge in [-0.15, -0.1) is 24.0 Å². The number of amides is 1. The normalized spacial score (nSPS) is 14.8. The molecule has 1 aliphatic rings. The summed E-state index contributed by atoms with van der Waals surface area (Å²) in [5, 5.41) is 17.6. The number of likely N-dealkylation sites (tertiary alicyclic amines) is 1. The van der Waals surface area contributed by atoms with Crippen molar-refractivity contribution in [1.82, 2.24) is 15.5 Å². The molecule has 28 heavy (non-hydrogen) atoms. The average molecular weight is 505 g/mol. The van der Waals surface area contributed by atoms with Crippen molar-refractivity contribution >= 4 is 41.7 Å². The Morgan fingerprint density at radius 2 is 2.00 bits per heavy atom. The number of nitrogens with zero attached hydrogens (tertiary/aromatic N) is 3. The summed E-state index contributed by atoms with van der Waals surface area (Å²) in [6, 6.07) is 6.79. The van der Waals surface area contributed by atoms with E-state index >= 15 is 0 Å². The Morgan fingerprint density at radius 3 is 2.61 bits per heavy atom. The van der Waals surface area contributed by atoms with Crippen molar-refractivity contribution in [3.05, 3.63) is 39.9 Å². The van der Waals surface area contributed by atoms with Crippen LogP contribution in [0.2, 0.25) is 0 Å². The van der Waals surface area contributed by atoms with Crippen LogP contribution >= 0.6 is 24.0 Å². The van der Waals surface area contributed by atoms with Crippen molar-refractivity contribution in [1.29, 1.82) is 0 Å². The average Bonchev–Trinajstić information content (AvgIpc) is 2.67. The third kappa shape index (κ3) is 7.13. The molecule has 1 amide bonds. The van der Waals surface area contributed by atoms with Crippen LogP contribution in [0.1, 0.15) is 32.3 Å². The summed E-state index contributed by atoms with van der Waals surface area (Å²) >= 11 is 0. The van der Waals surface area contributed by atoms with Gasteiger partial charge < -0.3 is 20.3 Å². The Bertz CT molecular complexity index is 678. The smallest absolute Gasteiger partial charge is 0.409 e. The molecule has 1 aromatic rings. The summed E-state index contributed by atoms with van der Waals surface area (Å²) in [5.41, 5.74) is 0.636. The highest BCUT2D eigenvalue weighted by Gasteiger charge is 2.24. The van der Waals surface area contributed by atoms with Crippen molar-refractivity contribution < 1.29 is 14.5 Å². The predicted octanol–water partition coefficient (Wildman–Crippen LogP) is 2.89. The predicted molar refractivity (Wildman–Crippen MR) is 118 cm³/mol. The first-order valence-electron chi connectivity index (χ1n) is 9.24. The molecule has 156 valence electrons. The number of hydrogen-bond acceptors (Lipinski definition) is 5. The van der Waals surface area contributed by atoms with Gasteiger partial charge in [-0.25, -0.2) is 9.79 Å². The summed E-state index contributed by atoms with van der Waals surface area (Å²) < 4.78 is 5.03. The molecule has 0 atom stereocenters. The molecule has 1 aromatic carbocycles. The molecule has 0 aromatic heterocycles. The molecule has 0 saturated carbocycles. The number of halogens is 1. The van der Waals surface area contributed by atoms with Crippen LogP contribution in [0.4, 0.5) is 10.5 Å². The van der Waals surface area contributed by atoms with E-state index in [9.17, 15) is 14.9 Å². The van der Waals surface area contributed by atoms with Gasteiger partial charge in [-0.1, -0.05) is 18.2 Å². The number of ether oxygens (including phenoxy) is 1. The largest absolute Gasteiger partial charge is 0.450 e. The number of rotatable bonds is 6. The lowest BCUT2D eigenvalue weighted by atomic mass is 10.1. The van der Waals surface area contributed by atoms with Crippen molar-refractivity contribution in [2.75, 3.05) is 26.2 Å². The lowest BCUT2D eigenvalue weighted by Gasteiger charge is -2.32. The first-order valence-corrected chi connectivity index (χ1v) is 9.24. The Kier molecular flexibility index (Phi) is 10.6. The zero-order valence-electron chi connectivity index (χ0n) is 16.2. The van der Waals surface area contributed by atoms with Crippen molar-refractivity contribution in [3.8, 4) is 0 Å². The highest BCUT2D eigenvalue weighted by molar-refractivity contribution is 14.0. The molecule has 2 rings (SSSR count). The van der Waals surface area contributed by atoms with Gasteiger partial charge in [0, 0.05) is 31.7 Å². The number of nitro benzene ring substituents is 1. The van der Waals surface area contributed by atoms with Crippen LogP contribution in [0, 0.1) is 10.1 Å². The van der Waals surface area contributed by atoms with E-state index in [0.717, 1.165) is 12.8 Å². The van der Waals surface area contributed by atoms with Gasteiger partial charge in [0.2, 0.25) is 0 Å². The van der Waals surface area contributed by atoms with Crippen LogP contribution in [0.3, 0.4) is 0 Å². The van der Waals surface area contributed by atoms with E-state index in [0.29, 0.717) is 37.8 Å². The third-order valence-electron chi connectivity index (χ3n) is 4.30. The summed E-state index contributed by atoms with van der Waals surface area (Å²) in [7, 11) is 0. The van der Waals surface area contributed by atoms with Gasteiger partial charge in [-0.2, -0.15) is 0 Å². The minimum absolute atomic E-state index is 0. The van der Waals surface area contributed by atoms with Crippen LogP contribution < -0.4 is 10.6 Å². The zero-order valence-corrected chi connectivity index (χ0v) is 18.5. The van der Waals surface area contributed by atoms with E-state index in [1.165, 1.54) is 6.07 Å². The summed E-state index contributed by atoms with van der Waals surface area (Å²) in [5.74, 6) is 0.616. The number of aliphatic imine (C=N–C) groups is 1. The molecule has 1 aliphatic heterocycles. The first kappa shape index (κ1) is 23.9.